The van der Waals surface area contributed by atoms with Crippen LogP contribution in [0.5, 0.6) is 0 Å². The zero-order valence-electron chi connectivity index (χ0n) is 10.8. The Balaban J connectivity index is 2.33. The van der Waals surface area contributed by atoms with Crippen LogP contribution >= 0.6 is 34.5 Å². The van der Waals surface area contributed by atoms with Gasteiger partial charge in [-0.1, -0.05) is 30.1 Å². The Morgan fingerprint density at radius 1 is 1.33 bits per heavy atom. The number of aromatic carboxylic acids is 1. The van der Waals surface area contributed by atoms with Crippen LogP contribution in [0.1, 0.15) is 32.5 Å². The lowest BCUT2D eigenvalue weighted by Crippen LogP contribution is -2.14. The lowest BCUT2D eigenvalue weighted by atomic mass is 10.2. The van der Waals surface area contributed by atoms with Gasteiger partial charge in [-0.05, 0) is 18.6 Å². The lowest BCUT2D eigenvalue weighted by molar-refractivity contribution is 0.0698. The molecule has 1 amide bonds. The minimum absolute atomic E-state index is 0.0569. The van der Waals surface area contributed by atoms with E-state index in [1.54, 1.807) is 6.07 Å². The van der Waals surface area contributed by atoms with E-state index in [-0.39, 0.29) is 26.3 Å². The van der Waals surface area contributed by atoms with Crippen molar-refractivity contribution >= 4 is 51.4 Å². The van der Waals surface area contributed by atoms with E-state index in [1.165, 1.54) is 23.6 Å². The van der Waals surface area contributed by atoms with Crippen molar-refractivity contribution in [3.8, 4) is 0 Å². The summed E-state index contributed by atoms with van der Waals surface area (Å²) in [5, 5.41) is 12.3. The molecule has 21 heavy (non-hydrogen) atoms. The number of amides is 1. The Morgan fingerprint density at radius 2 is 2.05 bits per heavy atom. The molecule has 2 aromatic heterocycles. The third-order valence-corrected chi connectivity index (χ3v) is 4.36. The topological polar surface area (TPSA) is 79.3 Å². The maximum atomic E-state index is 12.2. The molecule has 0 aliphatic rings. The Morgan fingerprint density at radius 3 is 2.67 bits per heavy atom. The molecule has 0 bridgehead atoms. The molecule has 2 heterocycles. The maximum Gasteiger partial charge on any atom is 0.338 e. The molecular formula is C13H10Cl2N2O3S. The molecule has 0 aliphatic heterocycles. The van der Waals surface area contributed by atoms with Crippen molar-refractivity contribution in [2.75, 3.05) is 5.32 Å². The number of hydrogen-bond donors (Lipinski definition) is 2. The predicted molar refractivity (Wildman–Crippen MR) is 82.9 cm³/mol. The van der Waals surface area contributed by atoms with Crippen LogP contribution in [0.15, 0.2) is 18.3 Å². The summed E-state index contributed by atoms with van der Waals surface area (Å²) >= 11 is 12.8. The van der Waals surface area contributed by atoms with Crippen molar-refractivity contribution in [2.24, 2.45) is 0 Å². The minimum Gasteiger partial charge on any atom is -0.478 e. The number of pyridine rings is 1. The van der Waals surface area contributed by atoms with Crippen LogP contribution in [0, 0.1) is 0 Å². The number of carboxylic acid groups (broad SMARTS) is 1. The maximum absolute atomic E-state index is 12.2. The van der Waals surface area contributed by atoms with E-state index in [4.69, 9.17) is 28.3 Å². The van der Waals surface area contributed by atoms with Gasteiger partial charge in [0.2, 0.25) is 0 Å². The molecule has 0 unspecified atom stereocenters. The average Bonchev–Trinajstić information content (AvgIpc) is 2.84. The average molecular weight is 345 g/mol. The van der Waals surface area contributed by atoms with Crippen LogP contribution in [-0.4, -0.2) is 22.0 Å². The van der Waals surface area contributed by atoms with Crippen molar-refractivity contribution in [3.63, 3.8) is 0 Å². The van der Waals surface area contributed by atoms with Gasteiger partial charge in [-0.15, -0.1) is 11.3 Å². The highest BCUT2D eigenvalue weighted by atomic mass is 35.5. The number of rotatable bonds is 4. The summed E-state index contributed by atoms with van der Waals surface area (Å²) in [6.07, 6.45) is 1.95. The van der Waals surface area contributed by atoms with E-state index in [0.717, 1.165) is 4.88 Å². The molecule has 2 N–H and O–H groups in total. The quantitative estimate of drug-likeness (QED) is 0.822. The van der Waals surface area contributed by atoms with Crippen molar-refractivity contribution in [2.45, 2.75) is 13.3 Å². The van der Waals surface area contributed by atoms with Crippen molar-refractivity contribution < 1.29 is 14.7 Å². The number of carboxylic acids is 1. The largest absolute Gasteiger partial charge is 0.478 e. The van der Waals surface area contributed by atoms with Crippen LogP contribution in [0.4, 0.5) is 5.00 Å². The summed E-state index contributed by atoms with van der Waals surface area (Å²) in [5.41, 5.74) is 0.195. The van der Waals surface area contributed by atoms with Gasteiger partial charge in [-0.25, -0.2) is 9.78 Å². The van der Waals surface area contributed by atoms with Gasteiger partial charge in [0.05, 0.1) is 16.1 Å². The number of anilines is 1. The highest BCUT2D eigenvalue weighted by Gasteiger charge is 2.19. The second kappa shape index (κ2) is 6.43. The molecule has 0 saturated heterocycles. The first-order chi connectivity index (χ1) is 9.92. The summed E-state index contributed by atoms with van der Waals surface area (Å²) < 4.78 is 0. The number of aromatic nitrogens is 1. The molecule has 0 fully saturated rings. The third-order valence-electron chi connectivity index (χ3n) is 2.66. The summed E-state index contributed by atoms with van der Waals surface area (Å²) in [4.78, 5) is 28.0. The Bertz CT molecular complexity index is 715. The summed E-state index contributed by atoms with van der Waals surface area (Å²) in [6.45, 7) is 1.91. The molecule has 0 radical (unpaired) electrons. The molecule has 8 heteroatoms. The fourth-order valence-electron chi connectivity index (χ4n) is 1.63. The van der Waals surface area contributed by atoms with Crippen LogP contribution < -0.4 is 5.32 Å². The fraction of sp³-hybridized carbons (Fsp3) is 0.154. The predicted octanol–water partition coefficient (Wildman–Crippen LogP) is 3.96. The SMILES string of the molecule is CCc1cc(C(=O)O)c(NC(=O)c2cc(Cl)ncc2Cl)s1. The first-order valence-electron chi connectivity index (χ1n) is 5.90. The van der Waals surface area contributed by atoms with Crippen molar-refractivity contribution in [3.05, 3.63) is 44.5 Å². The molecule has 0 aliphatic carbocycles. The van der Waals surface area contributed by atoms with Crippen LogP contribution in [-0.2, 0) is 6.42 Å². The molecule has 2 rings (SSSR count). The van der Waals surface area contributed by atoms with Crippen LogP contribution in [0.2, 0.25) is 10.2 Å². The van der Waals surface area contributed by atoms with Gasteiger partial charge in [0.1, 0.15) is 10.2 Å². The number of halogens is 2. The van der Waals surface area contributed by atoms with Gasteiger partial charge in [-0.3, -0.25) is 4.79 Å². The smallest absolute Gasteiger partial charge is 0.338 e. The molecule has 110 valence electrons. The Labute approximate surface area is 134 Å². The van der Waals surface area contributed by atoms with Gasteiger partial charge < -0.3 is 10.4 Å². The number of hydrogen-bond acceptors (Lipinski definition) is 4. The summed E-state index contributed by atoms with van der Waals surface area (Å²) in [7, 11) is 0. The number of carbonyl (C=O) groups is 2. The first kappa shape index (κ1) is 15.8. The minimum atomic E-state index is -1.10. The van der Waals surface area contributed by atoms with Crippen molar-refractivity contribution in [1.82, 2.24) is 4.98 Å². The zero-order valence-corrected chi connectivity index (χ0v) is 13.1. The van der Waals surface area contributed by atoms with Gasteiger partial charge in [-0.2, -0.15) is 0 Å². The number of aryl methyl sites for hydroxylation is 1. The number of carbonyl (C=O) groups excluding carboxylic acids is 1. The van der Waals surface area contributed by atoms with E-state index in [9.17, 15) is 9.59 Å². The molecule has 2 aromatic rings. The second-order valence-corrected chi connectivity index (χ2v) is 5.99. The molecular weight excluding hydrogens is 335 g/mol. The van der Waals surface area contributed by atoms with Gasteiger partial charge in [0, 0.05) is 11.1 Å². The van der Waals surface area contributed by atoms with Gasteiger partial charge in [0.15, 0.2) is 0 Å². The van der Waals surface area contributed by atoms with E-state index in [0.29, 0.717) is 6.42 Å². The Hall–Kier alpha value is -1.63. The molecule has 0 atom stereocenters. The molecule has 0 saturated carbocycles. The Kier molecular flexibility index (Phi) is 4.82. The molecule has 0 spiro atoms. The zero-order chi connectivity index (χ0) is 15.6. The van der Waals surface area contributed by atoms with E-state index in [1.807, 2.05) is 6.92 Å². The third kappa shape index (κ3) is 3.53. The summed E-state index contributed by atoms with van der Waals surface area (Å²) in [6, 6.07) is 2.87. The van der Waals surface area contributed by atoms with Gasteiger partial charge in [0.25, 0.3) is 5.91 Å². The highest BCUT2D eigenvalue weighted by molar-refractivity contribution is 7.16. The monoisotopic (exact) mass is 344 g/mol. The normalized spacial score (nSPS) is 10.4. The van der Waals surface area contributed by atoms with E-state index in [2.05, 4.69) is 10.3 Å². The standard InChI is InChI=1S/C13H10Cl2N2O3S/c1-2-6-3-8(13(19)20)12(21-6)17-11(18)7-4-10(15)16-5-9(7)14/h3-5H,2H2,1H3,(H,17,18)(H,19,20). The fourth-order valence-corrected chi connectivity index (χ4v) is 2.96. The van der Waals surface area contributed by atoms with E-state index < -0.39 is 11.9 Å². The second-order valence-electron chi connectivity index (χ2n) is 4.06. The van der Waals surface area contributed by atoms with Crippen molar-refractivity contribution in [1.29, 1.82) is 0 Å². The molecule has 0 aromatic carbocycles. The lowest BCUT2D eigenvalue weighted by Gasteiger charge is -2.06. The first-order valence-corrected chi connectivity index (χ1v) is 7.48. The number of thiophene rings is 1. The molecule has 5 nitrogen and oxygen atoms in total. The highest BCUT2D eigenvalue weighted by Crippen LogP contribution is 2.30. The van der Waals surface area contributed by atoms with E-state index >= 15 is 0 Å². The number of nitrogens with zero attached hydrogens (tertiary/aromatic N) is 1. The van der Waals surface area contributed by atoms with Crippen LogP contribution in [0.25, 0.3) is 0 Å². The summed E-state index contributed by atoms with van der Waals surface area (Å²) in [5.74, 6) is -1.63. The number of nitrogens with one attached hydrogen (secondary N) is 1. The van der Waals surface area contributed by atoms with Gasteiger partial charge >= 0.3 is 5.97 Å². The van der Waals surface area contributed by atoms with Crippen LogP contribution in [0.3, 0.4) is 0 Å².